The quantitative estimate of drug-likeness (QED) is 0.551. The standard InChI is InChI=1S/Gd.3HO2P/c;3*1-3-2/h;3*(H,1,2)/q+3;;;. The van der Waals surface area contributed by atoms with Crippen molar-refractivity contribution in [3.63, 3.8) is 0 Å². The Morgan fingerprint density at radius 2 is 0.700 bits per heavy atom. The smallest absolute Gasteiger partial charge is 0.310 e. The van der Waals surface area contributed by atoms with Gasteiger partial charge in [-0.25, -0.2) is 13.7 Å². The summed E-state index contributed by atoms with van der Waals surface area (Å²) in [5, 5.41) is 0. The Morgan fingerprint density at radius 3 is 0.700 bits per heavy atom. The normalized spacial score (nSPS) is 6.30. The molecule has 0 heterocycles. The van der Waals surface area contributed by atoms with Gasteiger partial charge in [-0.05, 0) is 0 Å². The zero-order valence-electron chi connectivity index (χ0n) is 4.26. The van der Waals surface area contributed by atoms with E-state index in [1.807, 2.05) is 0 Å². The van der Waals surface area contributed by atoms with Crippen LogP contribution >= 0.6 is 26.1 Å². The third-order valence-corrected chi connectivity index (χ3v) is 0. The predicted molar refractivity (Wildman–Crippen MR) is 29.5 cm³/mol. The molecule has 0 unspecified atom stereocenters. The fourth-order valence-electron chi connectivity index (χ4n) is 0. The van der Waals surface area contributed by atoms with Gasteiger partial charge >= 0.3 is 66.0 Å². The average molecular weight is 349 g/mol. The minimum absolute atomic E-state index is 0. The van der Waals surface area contributed by atoms with Crippen molar-refractivity contribution in [2.24, 2.45) is 0 Å². The topological polar surface area (TPSA) is 112 Å². The van der Waals surface area contributed by atoms with Crippen molar-refractivity contribution in [3.05, 3.63) is 0 Å². The zero-order chi connectivity index (χ0) is 8.12. The Morgan fingerprint density at radius 1 is 0.700 bits per heavy atom. The molecule has 0 aromatic carbocycles. The van der Waals surface area contributed by atoms with Crippen molar-refractivity contribution in [1.29, 1.82) is 0 Å². The van der Waals surface area contributed by atoms with Crippen LogP contribution in [0.1, 0.15) is 0 Å². The van der Waals surface area contributed by atoms with Gasteiger partial charge in [0.25, 0.3) is 0 Å². The molecule has 3 N–H and O–H groups in total. The third-order valence-electron chi connectivity index (χ3n) is 0. The number of hydrogen-bond acceptors (Lipinski definition) is 3. The van der Waals surface area contributed by atoms with E-state index >= 15 is 0 Å². The van der Waals surface area contributed by atoms with E-state index in [1.165, 1.54) is 0 Å². The molecule has 0 rings (SSSR count). The summed E-state index contributed by atoms with van der Waals surface area (Å²) >= 11 is 0. The molecule has 59 valence electrons. The first kappa shape index (κ1) is 22.5. The van der Waals surface area contributed by atoms with E-state index in [0.717, 1.165) is 0 Å². The van der Waals surface area contributed by atoms with Crippen molar-refractivity contribution in [3.8, 4) is 0 Å². The largest absolute Gasteiger partial charge is 3.00 e. The summed E-state index contributed by atoms with van der Waals surface area (Å²) in [5.41, 5.74) is 0. The van der Waals surface area contributed by atoms with Gasteiger partial charge in [-0.15, -0.1) is 0 Å². The summed E-state index contributed by atoms with van der Waals surface area (Å²) in [5.74, 6) is 0. The van der Waals surface area contributed by atoms with Crippen molar-refractivity contribution < 1.29 is 68.3 Å². The van der Waals surface area contributed by atoms with Crippen molar-refractivity contribution in [2.45, 2.75) is 0 Å². The van der Waals surface area contributed by atoms with E-state index < -0.39 is 26.1 Å². The van der Waals surface area contributed by atoms with Crippen LogP contribution in [-0.2, 0) is 13.7 Å². The Labute approximate surface area is 93.6 Å². The molecule has 0 aromatic rings. The average Bonchev–Trinajstić information content (AvgIpc) is 1.70. The first-order valence-corrected chi connectivity index (χ1v) is 3.44. The van der Waals surface area contributed by atoms with Gasteiger partial charge in [-0.3, -0.25) is 0 Å². The Balaban J connectivity index is -0.0000000257. The summed E-state index contributed by atoms with van der Waals surface area (Å²) < 4.78 is 25.4. The maximum absolute atomic E-state index is 8.46. The zero-order valence-corrected chi connectivity index (χ0v) is 9.21. The molecular formula is H3GdO6P3+3. The van der Waals surface area contributed by atoms with E-state index in [2.05, 4.69) is 0 Å². The van der Waals surface area contributed by atoms with Crippen LogP contribution in [0.5, 0.6) is 0 Å². The molecule has 10 heavy (non-hydrogen) atoms. The van der Waals surface area contributed by atoms with Gasteiger partial charge in [-0.2, -0.15) is 0 Å². The molecule has 0 bridgehead atoms. The maximum Gasteiger partial charge on any atom is 3.00 e. The summed E-state index contributed by atoms with van der Waals surface area (Å²) in [7, 11) is -2.50. The van der Waals surface area contributed by atoms with Crippen LogP contribution in [0.3, 0.4) is 0 Å². The first-order valence-electron chi connectivity index (χ1n) is 1.15. The third kappa shape index (κ3) is 304. The van der Waals surface area contributed by atoms with E-state index in [0.29, 0.717) is 0 Å². The Hall–Kier alpha value is 1.50. The second kappa shape index (κ2) is 46.8. The SMILES string of the molecule is O=PO.O=PO.O=PO.[Gd+3]. The first-order chi connectivity index (χ1) is 4.24. The maximum atomic E-state index is 8.46. The van der Waals surface area contributed by atoms with Crippen molar-refractivity contribution in [1.82, 2.24) is 0 Å². The van der Waals surface area contributed by atoms with Gasteiger partial charge < -0.3 is 14.7 Å². The molecule has 0 atom stereocenters. The van der Waals surface area contributed by atoms with Gasteiger partial charge in [-0.1, -0.05) is 0 Å². The fraction of sp³-hybridized carbons (Fsp3) is 0. The van der Waals surface area contributed by atoms with Crippen molar-refractivity contribution in [2.75, 3.05) is 0 Å². The van der Waals surface area contributed by atoms with E-state index in [1.54, 1.807) is 0 Å². The molecule has 0 fully saturated rings. The van der Waals surface area contributed by atoms with E-state index in [9.17, 15) is 0 Å². The van der Waals surface area contributed by atoms with Gasteiger partial charge in [0.05, 0.1) is 0 Å². The molecule has 1 radical (unpaired) electrons. The fourth-order valence-corrected chi connectivity index (χ4v) is 0. The monoisotopic (exact) mass is 350 g/mol. The van der Waals surface area contributed by atoms with Crippen LogP contribution in [0.4, 0.5) is 0 Å². The second-order valence-electron chi connectivity index (χ2n) is 0.245. The summed E-state index contributed by atoms with van der Waals surface area (Å²) in [6.07, 6.45) is 0. The van der Waals surface area contributed by atoms with E-state index in [-0.39, 0.29) is 39.9 Å². The van der Waals surface area contributed by atoms with Crippen LogP contribution in [-0.4, -0.2) is 14.7 Å². The minimum Gasteiger partial charge on any atom is -0.310 e. The Kier molecular flexibility index (Phi) is 105. The predicted octanol–water partition coefficient (Wildman–Crippen LogP) is 0.556. The van der Waals surface area contributed by atoms with Crippen LogP contribution < -0.4 is 0 Å². The minimum atomic E-state index is -0.833. The van der Waals surface area contributed by atoms with Gasteiger partial charge in [0.2, 0.25) is 0 Å². The molecule has 10 heteroatoms. The van der Waals surface area contributed by atoms with Crippen molar-refractivity contribution >= 4 is 26.1 Å². The molecule has 0 saturated heterocycles. The van der Waals surface area contributed by atoms with Crippen LogP contribution in [0.25, 0.3) is 0 Å². The number of hydrogen-bond donors (Lipinski definition) is 3. The second-order valence-corrected chi connectivity index (χ2v) is 0.735. The molecular weight excluding hydrogens is 346 g/mol. The summed E-state index contributed by atoms with van der Waals surface area (Å²) in [6.45, 7) is 0. The molecule has 6 nitrogen and oxygen atoms in total. The Bertz CT molecular complexity index is 49.7. The molecule has 0 aliphatic rings. The van der Waals surface area contributed by atoms with Crippen LogP contribution in [0.15, 0.2) is 0 Å². The van der Waals surface area contributed by atoms with Crippen LogP contribution in [0.2, 0.25) is 0 Å². The van der Waals surface area contributed by atoms with Gasteiger partial charge in [0, 0.05) is 0 Å². The summed E-state index contributed by atoms with van der Waals surface area (Å²) in [6, 6.07) is 0. The molecule has 0 aliphatic carbocycles. The molecule has 0 spiro atoms. The molecule has 0 saturated carbocycles. The molecule has 0 aliphatic heterocycles. The van der Waals surface area contributed by atoms with Gasteiger partial charge in [0.1, 0.15) is 0 Å². The molecule has 0 aromatic heterocycles. The van der Waals surface area contributed by atoms with Crippen LogP contribution in [0, 0.1) is 39.9 Å². The summed E-state index contributed by atoms with van der Waals surface area (Å²) in [4.78, 5) is 21.0. The molecule has 0 amide bonds. The number of rotatable bonds is 0. The van der Waals surface area contributed by atoms with Gasteiger partial charge in [0.15, 0.2) is 0 Å². The van der Waals surface area contributed by atoms with E-state index in [4.69, 9.17) is 28.4 Å².